The predicted molar refractivity (Wildman–Crippen MR) is 85.4 cm³/mol. The molecule has 0 aliphatic heterocycles. The Morgan fingerprint density at radius 2 is 2.17 bits per heavy atom. The van der Waals surface area contributed by atoms with E-state index < -0.39 is 5.97 Å². The van der Waals surface area contributed by atoms with Gasteiger partial charge in [0.1, 0.15) is 5.69 Å². The van der Waals surface area contributed by atoms with Crippen LogP contribution >= 0.6 is 0 Å². The maximum atomic E-state index is 12.4. The van der Waals surface area contributed by atoms with Crippen LogP contribution in [0.5, 0.6) is 0 Å². The summed E-state index contributed by atoms with van der Waals surface area (Å²) in [6, 6.07) is 1.73. The van der Waals surface area contributed by atoms with Crippen molar-refractivity contribution in [2.45, 2.75) is 40.3 Å². The molecule has 7 heteroatoms. The van der Waals surface area contributed by atoms with Gasteiger partial charge in [-0.2, -0.15) is 5.10 Å². The van der Waals surface area contributed by atoms with E-state index >= 15 is 0 Å². The van der Waals surface area contributed by atoms with E-state index in [1.807, 2.05) is 19.2 Å². The van der Waals surface area contributed by atoms with Crippen LogP contribution in [0, 0.1) is 13.8 Å². The third kappa shape index (κ3) is 3.80. The highest BCUT2D eigenvalue weighted by Gasteiger charge is 2.23. The summed E-state index contributed by atoms with van der Waals surface area (Å²) < 4.78 is 6.78. The van der Waals surface area contributed by atoms with Crippen LogP contribution in [0.2, 0.25) is 0 Å². The molecule has 124 valence electrons. The van der Waals surface area contributed by atoms with Gasteiger partial charge in [0, 0.05) is 24.1 Å². The second-order valence-electron chi connectivity index (χ2n) is 5.45. The Morgan fingerprint density at radius 1 is 1.43 bits per heavy atom. The first kappa shape index (κ1) is 16.8. The van der Waals surface area contributed by atoms with Crippen LogP contribution in [0.15, 0.2) is 18.5 Å². The molecule has 0 radical (unpaired) electrons. The van der Waals surface area contributed by atoms with Crippen LogP contribution in [0.3, 0.4) is 0 Å². The number of aromatic nitrogens is 3. The third-order valence-corrected chi connectivity index (χ3v) is 3.54. The van der Waals surface area contributed by atoms with Gasteiger partial charge in [0.25, 0.3) is 5.91 Å². The summed E-state index contributed by atoms with van der Waals surface area (Å²) in [6.07, 6.45) is 3.53. The normalized spacial score (nSPS) is 12.0. The van der Waals surface area contributed by atoms with Crippen molar-refractivity contribution in [3.63, 3.8) is 0 Å². The highest BCUT2D eigenvalue weighted by atomic mass is 16.5. The van der Waals surface area contributed by atoms with Gasteiger partial charge in [-0.3, -0.25) is 9.48 Å². The molecule has 1 amide bonds. The smallest absolute Gasteiger partial charge is 0.340 e. The molecule has 0 aromatic carbocycles. The van der Waals surface area contributed by atoms with Crippen LogP contribution in [0.1, 0.15) is 46.0 Å². The maximum absolute atomic E-state index is 12.4. The lowest BCUT2D eigenvalue weighted by atomic mass is 10.1. The minimum absolute atomic E-state index is 0.101. The molecule has 23 heavy (non-hydrogen) atoms. The number of hydrogen-bond donors (Lipinski definition) is 2. The number of aryl methyl sites for hydroxylation is 1. The molecule has 0 saturated heterocycles. The number of nitrogens with one attached hydrogen (secondary N) is 2. The van der Waals surface area contributed by atoms with Crippen LogP contribution in [0.4, 0.5) is 0 Å². The molecule has 7 nitrogen and oxygen atoms in total. The van der Waals surface area contributed by atoms with Crippen molar-refractivity contribution in [1.82, 2.24) is 20.1 Å². The molecule has 2 rings (SSSR count). The Labute approximate surface area is 135 Å². The largest absolute Gasteiger partial charge is 0.462 e. The average molecular weight is 318 g/mol. The number of hydrogen-bond acceptors (Lipinski definition) is 4. The van der Waals surface area contributed by atoms with Gasteiger partial charge in [0.15, 0.2) is 0 Å². The van der Waals surface area contributed by atoms with E-state index in [0.29, 0.717) is 35.7 Å². The fourth-order valence-electron chi connectivity index (χ4n) is 2.52. The van der Waals surface area contributed by atoms with Gasteiger partial charge in [0.2, 0.25) is 0 Å². The Hall–Kier alpha value is -2.57. The zero-order chi connectivity index (χ0) is 17.0. The molecule has 2 aromatic heterocycles. The number of carbonyl (C=O) groups excluding carboxylic acids is 2. The SMILES string of the molecule is CCOC(=O)c1c(C)[nH]c(C(=O)N[C@@H](C)Cn2cccn2)c1C. The highest BCUT2D eigenvalue weighted by molar-refractivity contribution is 6.00. The number of nitrogens with zero attached hydrogens (tertiary/aromatic N) is 2. The summed E-state index contributed by atoms with van der Waals surface area (Å²) in [5, 5.41) is 7.02. The van der Waals surface area contributed by atoms with Crippen LogP contribution < -0.4 is 5.32 Å². The monoisotopic (exact) mass is 318 g/mol. The van der Waals surface area contributed by atoms with Gasteiger partial charge < -0.3 is 15.0 Å². The molecule has 0 unspecified atom stereocenters. The Morgan fingerprint density at radius 3 is 2.78 bits per heavy atom. The van der Waals surface area contributed by atoms with Gasteiger partial charge in [0.05, 0.1) is 18.7 Å². The standard InChI is InChI=1S/C16H22N4O3/c1-5-23-16(22)13-11(3)14(19-12(13)4)15(21)18-10(2)9-20-8-6-7-17-20/h6-8,10,19H,5,9H2,1-4H3,(H,18,21)/t10-/m0/s1. The van der Waals surface area contributed by atoms with E-state index in [4.69, 9.17) is 4.74 Å². The summed E-state index contributed by atoms with van der Waals surface area (Å²) in [4.78, 5) is 27.4. The second-order valence-corrected chi connectivity index (χ2v) is 5.45. The summed E-state index contributed by atoms with van der Waals surface area (Å²) >= 11 is 0. The van der Waals surface area contributed by atoms with Crippen molar-refractivity contribution < 1.29 is 14.3 Å². The van der Waals surface area contributed by atoms with Gasteiger partial charge >= 0.3 is 5.97 Å². The summed E-state index contributed by atoms with van der Waals surface area (Å²) in [5.74, 6) is -0.664. The first-order chi connectivity index (χ1) is 10.9. The van der Waals surface area contributed by atoms with Gasteiger partial charge in [-0.25, -0.2) is 4.79 Å². The molecule has 2 heterocycles. The zero-order valence-electron chi connectivity index (χ0n) is 13.8. The number of H-pyrrole nitrogens is 1. The Bertz CT molecular complexity index is 688. The minimum Gasteiger partial charge on any atom is -0.462 e. The molecule has 0 spiro atoms. The Balaban J connectivity index is 2.10. The third-order valence-electron chi connectivity index (χ3n) is 3.54. The fraction of sp³-hybridized carbons (Fsp3) is 0.438. The topological polar surface area (TPSA) is 89.0 Å². The van der Waals surface area contributed by atoms with E-state index in [1.54, 1.807) is 31.6 Å². The van der Waals surface area contributed by atoms with E-state index in [0.717, 1.165) is 0 Å². The molecular weight excluding hydrogens is 296 g/mol. The lowest BCUT2D eigenvalue weighted by molar-refractivity contribution is 0.0525. The number of carbonyl (C=O) groups is 2. The number of rotatable bonds is 6. The second kappa shape index (κ2) is 7.13. The molecule has 0 fully saturated rings. The Kier molecular flexibility index (Phi) is 5.20. The lowest BCUT2D eigenvalue weighted by Gasteiger charge is -2.13. The molecule has 2 N–H and O–H groups in total. The maximum Gasteiger partial charge on any atom is 0.340 e. The van der Waals surface area contributed by atoms with Crippen molar-refractivity contribution in [3.8, 4) is 0 Å². The summed E-state index contributed by atoms with van der Waals surface area (Å²) in [7, 11) is 0. The lowest BCUT2D eigenvalue weighted by Crippen LogP contribution is -2.36. The number of aromatic amines is 1. The van der Waals surface area contributed by atoms with Gasteiger partial charge in [-0.1, -0.05) is 0 Å². The first-order valence-electron chi connectivity index (χ1n) is 7.58. The number of esters is 1. The van der Waals surface area contributed by atoms with E-state index in [9.17, 15) is 9.59 Å². The quantitative estimate of drug-likeness (QED) is 0.795. The fourth-order valence-corrected chi connectivity index (χ4v) is 2.52. The molecule has 0 aliphatic carbocycles. The molecule has 1 atom stereocenters. The van der Waals surface area contributed by atoms with E-state index in [2.05, 4.69) is 15.4 Å². The number of ether oxygens (including phenoxy) is 1. The van der Waals surface area contributed by atoms with Gasteiger partial charge in [-0.15, -0.1) is 0 Å². The molecule has 0 bridgehead atoms. The van der Waals surface area contributed by atoms with Crippen molar-refractivity contribution in [2.75, 3.05) is 6.61 Å². The molecule has 0 aliphatic rings. The van der Waals surface area contributed by atoms with Crippen molar-refractivity contribution in [1.29, 1.82) is 0 Å². The summed E-state index contributed by atoms with van der Waals surface area (Å²) in [6.45, 7) is 8.01. The van der Waals surface area contributed by atoms with E-state index in [1.165, 1.54) is 0 Å². The predicted octanol–water partition coefficient (Wildman–Crippen LogP) is 1.82. The number of amides is 1. The van der Waals surface area contributed by atoms with Crippen molar-refractivity contribution in [3.05, 3.63) is 41.0 Å². The van der Waals surface area contributed by atoms with Crippen LogP contribution in [0.25, 0.3) is 0 Å². The van der Waals surface area contributed by atoms with Crippen molar-refractivity contribution >= 4 is 11.9 Å². The van der Waals surface area contributed by atoms with Crippen molar-refractivity contribution in [2.24, 2.45) is 0 Å². The van der Waals surface area contributed by atoms with Crippen LogP contribution in [-0.2, 0) is 11.3 Å². The minimum atomic E-state index is -0.414. The molecule has 2 aromatic rings. The summed E-state index contributed by atoms with van der Waals surface area (Å²) in [5.41, 5.74) is 2.05. The van der Waals surface area contributed by atoms with E-state index in [-0.39, 0.29) is 11.9 Å². The average Bonchev–Trinajstić information content (AvgIpc) is 3.07. The van der Waals surface area contributed by atoms with Crippen LogP contribution in [-0.4, -0.2) is 39.3 Å². The van der Waals surface area contributed by atoms with Gasteiger partial charge in [-0.05, 0) is 39.3 Å². The molecular formula is C16H22N4O3. The molecule has 0 saturated carbocycles. The highest BCUT2D eigenvalue weighted by Crippen LogP contribution is 2.19. The first-order valence-corrected chi connectivity index (χ1v) is 7.58. The zero-order valence-corrected chi connectivity index (χ0v) is 13.8.